The van der Waals surface area contributed by atoms with Crippen molar-refractivity contribution < 1.29 is 4.79 Å². The standard InChI is InChI=1S/C11H18N2O/c1-3-4-5-6-7-8-10-9-13(2)12-11(10)14/h4-5,8H,3,6-7,9H2,1-2H3,(H,12,14)/b5-4-,10-8+. The van der Waals surface area contributed by atoms with Crippen LogP contribution in [0.3, 0.4) is 0 Å². The molecule has 0 saturated carbocycles. The molecule has 0 radical (unpaired) electrons. The Balaban J connectivity index is 2.30. The van der Waals surface area contributed by atoms with Gasteiger partial charge in [-0.25, -0.2) is 5.01 Å². The molecule has 78 valence electrons. The Morgan fingerprint density at radius 1 is 1.43 bits per heavy atom. The van der Waals surface area contributed by atoms with Gasteiger partial charge >= 0.3 is 0 Å². The van der Waals surface area contributed by atoms with Gasteiger partial charge in [0.25, 0.3) is 5.91 Å². The van der Waals surface area contributed by atoms with Crippen LogP contribution in [-0.4, -0.2) is 24.5 Å². The van der Waals surface area contributed by atoms with Gasteiger partial charge in [0, 0.05) is 19.2 Å². The lowest BCUT2D eigenvalue weighted by molar-refractivity contribution is -0.118. The summed E-state index contributed by atoms with van der Waals surface area (Å²) in [6.07, 6.45) is 9.40. The predicted octanol–water partition coefficient (Wildman–Crippen LogP) is 1.64. The summed E-state index contributed by atoms with van der Waals surface area (Å²) in [5.74, 6) is 0.0481. The van der Waals surface area contributed by atoms with Crippen LogP contribution in [0.2, 0.25) is 0 Å². The van der Waals surface area contributed by atoms with E-state index in [-0.39, 0.29) is 5.91 Å². The van der Waals surface area contributed by atoms with Gasteiger partial charge in [0.15, 0.2) is 0 Å². The molecular formula is C11H18N2O. The Morgan fingerprint density at radius 2 is 2.21 bits per heavy atom. The van der Waals surface area contributed by atoms with Crippen LogP contribution < -0.4 is 5.43 Å². The minimum absolute atomic E-state index is 0.0481. The van der Waals surface area contributed by atoms with Crippen molar-refractivity contribution >= 4 is 5.91 Å². The van der Waals surface area contributed by atoms with Gasteiger partial charge in [0.1, 0.15) is 0 Å². The van der Waals surface area contributed by atoms with E-state index < -0.39 is 0 Å². The maximum absolute atomic E-state index is 11.3. The highest BCUT2D eigenvalue weighted by Crippen LogP contribution is 2.07. The number of nitrogens with one attached hydrogen (secondary N) is 1. The molecule has 1 fully saturated rings. The normalized spacial score (nSPS) is 21.0. The maximum Gasteiger partial charge on any atom is 0.262 e. The molecule has 0 aliphatic carbocycles. The van der Waals surface area contributed by atoms with Gasteiger partial charge < -0.3 is 0 Å². The van der Waals surface area contributed by atoms with Crippen molar-refractivity contribution in [3.63, 3.8) is 0 Å². The molecule has 0 atom stereocenters. The van der Waals surface area contributed by atoms with Crippen molar-refractivity contribution in [2.75, 3.05) is 13.6 Å². The summed E-state index contributed by atoms with van der Waals surface area (Å²) < 4.78 is 0. The molecule has 1 saturated heterocycles. The number of hydrogen-bond acceptors (Lipinski definition) is 2. The number of hydrogen-bond donors (Lipinski definition) is 1. The molecule has 1 aliphatic heterocycles. The Labute approximate surface area is 85.4 Å². The van der Waals surface area contributed by atoms with Crippen LogP contribution in [0.1, 0.15) is 26.2 Å². The minimum Gasteiger partial charge on any atom is -0.285 e. The highest BCUT2D eigenvalue weighted by molar-refractivity contribution is 5.95. The first-order valence-electron chi connectivity index (χ1n) is 5.10. The topological polar surface area (TPSA) is 32.3 Å². The zero-order valence-corrected chi connectivity index (χ0v) is 8.92. The van der Waals surface area contributed by atoms with E-state index in [1.165, 1.54) is 0 Å². The fourth-order valence-corrected chi connectivity index (χ4v) is 1.41. The van der Waals surface area contributed by atoms with E-state index in [0.717, 1.165) is 31.4 Å². The first kappa shape index (κ1) is 11.0. The first-order chi connectivity index (χ1) is 6.74. The smallest absolute Gasteiger partial charge is 0.262 e. The van der Waals surface area contributed by atoms with Crippen molar-refractivity contribution in [3.05, 3.63) is 23.8 Å². The number of amides is 1. The van der Waals surface area contributed by atoms with E-state index >= 15 is 0 Å². The summed E-state index contributed by atoms with van der Waals surface area (Å²) in [4.78, 5) is 11.3. The Bertz CT molecular complexity index is 256. The summed E-state index contributed by atoms with van der Waals surface area (Å²) in [7, 11) is 1.87. The molecule has 1 heterocycles. The highest BCUT2D eigenvalue weighted by atomic mass is 16.2. The predicted molar refractivity (Wildman–Crippen MR) is 57.5 cm³/mol. The first-order valence-corrected chi connectivity index (χ1v) is 5.10. The zero-order valence-electron chi connectivity index (χ0n) is 8.92. The zero-order chi connectivity index (χ0) is 10.4. The fraction of sp³-hybridized carbons (Fsp3) is 0.545. The number of nitrogens with zero attached hydrogens (tertiary/aromatic N) is 1. The number of hydrazine groups is 1. The molecule has 0 aromatic rings. The lowest BCUT2D eigenvalue weighted by Crippen LogP contribution is -2.28. The average Bonchev–Trinajstić information content (AvgIpc) is 2.45. The van der Waals surface area contributed by atoms with Crippen LogP contribution in [0.25, 0.3) is 0 Å². The maximum atomic E-state index is 11.3. The molecule has 1 aliphatic rings. The van der Waals surface area contributed by atoms with Crippen molar-refractivity contribution in [1.82, 2.24) is 10.4 Å². The van der Waals surface area contributed by atoms with Gasteiger partial charge in [0.2, 0.25) is 0 Å². The molecule has 3 nitrogen and oxygen atoms in total. The van der Waals surface area contributed by atoms with Crippen molar-refractivity contribution in [3.8, 4) is 0 Å². The molecule has 1 N–H and O–H groups in total. The molecular weight excluding hydrogens is 176 g/mol. The third kappa shape index (κ3) is 3.34. The number of rotatable bonds is 4. The van der Waals surface area contributed by atoms with Gasteiger partial charge in [-0.1, -0.05) is 25.2 Å². The molecule has 0 bridgehead atoms. The van der Waals surface area contributed by atoms with Crippen LogP contribution in [0.15, 0.2) is 23.8 Å². The second-order valence-corrected chi connectivity index (χ2v) is 3.48. The van der Waals surface area contributed by atoms with Crippen molar-refractivity contribution in [1.29, 1.82) is 0 Å². The fourth-order valence-electron chi connectivity index (χ4n) is 1.41. The van der Waals surface area contributed by atoms with E-state index in [1.54, 1.807) is 5.01 Å². The van der Waals surface area contributed by atoms with Crippen molar-refractivity contribution in [2.24, 2.45) is 0 Å². The third-order valence-corrected chi connectivity index (χ3v) is 2.12. The van der Waals surface area contributed by atoms with Crippen LogP contribution in [0, 0.1) is 0 Å². The molecule has 14 heavy (non-hydrogen) atoms. The molecule has 1 rings (SSSR count). The van der Waals surface area contributed by atoms with E-state index in [9.17, 15) is 4.79 Å². The number of unbranched alkanes of at least 4 members (excludes halogenated alkanes) is 1. The molecule has 3 heteroatoms. The Hall–Kier alpha value is -1.09. The van der Waals surface area contributed by atoms with E-state index in [2.05, 4.69) is 24.5 Å². The minimum atomic E-state index is 0.0481. The lowest BCUT2D eigenvalue weighted by Gasteiger charge is -2.02. The largest absolute Gasteiger partial charge is 0.285 e. The highest BCUT2D eigenvalue weighted by Gasteiger charge is 2.19. The molecule has 0 aromatic carbocycles. The summed E-state index contributed by atoms with van der Waals surface area (Å²) in [6.45, 7) is 2.84. The quantitative estimate of drug-likeness (QED) is 0.419. The van der Waals surface area contributed by atoms with Crippen LogP contribution in [-0.2, 0) is 4.79 Å². The van der Waals surface area contributed by atoms with Gasteiger partial charge in [-0.15, -0.1) is 0 Å². The van der Waals surface area contributed by atoms with E-state index in [0.29, 0.717) is 0 Å². The summed E-state index contributed by atoms with van der Waals surface area (Å²) in [5, 5.41) is 1.80. The van der Waals surface area contributed by atoms with Crippen molar-refractivity contribution in [2.45, 2.75) is 26.2 Å². The van der Waals surface area contributed by atoms with E-state index in [1.807, 2.05) is 13.1 Å². The summed E-state index contributed by atoms with van der Waals surface area (Å²) >= 11 is 0. The van der Waals surface area contributed by atoms with Crippen LogP contribution in [0.4, 0.5) is 0 Å². The van der Waals surface area contributed by atoms with Gasteiger partial charge in [-0.05, 0) is 19.3 Å². The third-order valence-electron chi connectivity index (χ3n) is 2.12. The second kappa shape index (κ2) is 5.60. The van der Waals surface area contributed by atoms with Crippen LogP contribution >= 0.6 is 0 Å². The molecule has 1 amide bonds. The number of likely N-dealkylation sites (N-methyl/N-ethyl adjacent to an activating group) is 1. The molecule has 0 spiro atoms. The number of allylic oxidation sites excluding steroid dienone is 3. The molecule has 0 unspecified atom stereocenters. The van der Waals surface area contributed by atoms with Gasteiger partial charge in [-0.2, -0.15) is 0 Å². The number of carbonyl (C=O) groups is 1. The molecule has 0 aromatic heterocycles. The Morgan fingerprint density at radius 3 is 2.79 bits per heavy atom. The second-order valence-electron chi connectivity index (χ2n) is 3.48. The summed E-state index contributed by atoms with van der Waals surface area (Å²) in [6, 6.07) is 0. The van der Waals surface area contributed by atoms with Gasteiger partial charge in [0.05, 0.1) is 0 Å². The van der Waals surface area contributed by atoms with E-state index in [4.69, 9.17) is 0 Å². The summed E-state index contributed by atoms with van der Waals surface area (Å²) in [5.41, 5.74) is 3.61. The monoisotopic (exact) mass is 194 g/mol. The van der Waals surface area contributed by atoms with Gasteiger partial charge in [-0.3, -0.25) is 10.2 Å². The SMILES string of the molecule is CC/C=C\CC/C=C1\CN(C)NC1=O. The average molecular weight is 194 g/mol. The van der Waals surface area contributed by atoms with Crippen LogP contribution in [0.5, 0.6) is 0 Å². The lowest BCUT2D eigenvalue weighted by atomic mass is 10.2. The number of carbonyl (C=O) groups excluding carboxylic acids is 1. The Kier molecular flexibility index (Phi) is 4.40.